The summed E-state index contributed by atoms with van der Waals surface area (Å²) in [5.74, 6) is 1.29. The number of amides is 1. The lowest BCUT2D eigenvalue weighted by atomic mass is 10.1. The molecule has 0 aliphatic rings. The van der Waals surface area contributed by atoms with Gasteiger partial charge in [-0.05, 0) is 48.2 Å². The standard InChI is InChI=1S/C24H23N3O3S2/c1-29-19-11-12-20(30-2)23-22(19)26-24(32-23)27(15-17-6-4-5-13-25-17)21(28)14-16-7-9-18(31-3)10-8-16/h4-13H,14-15H2,1-3H3. The van der Waals surface area contributed by atoms with Gasteiger partial charge in [-0.3, -0.25) is 14.7 Å². The Labute approximate surface area is 195 Å². The molecular formula is C24H23N3O3S2. The highest BCUT2D eigenvalue weighted by Gasteiger charge is 2.23. The minimum Gasteiger partial charge on any atom is -0.495 e. The maximum atomic E-state index is 13.5. The zero-order valence-electron chi connectivity index (χ0n) is 18.1. The third kappa shape index (κ3) is 4.71. The second-order valence-corrected chi connectivity index (χ2v) is 8.83. The lowest BCUT2D eigenvalue weighted by molar-refractivity contribution is -0.118. The van der Waals surface area contributed by atoms with Crippen molar-refractivity contribution in [3.05, 3.63) is 72.1 Å². The number of thiazole rings is 1. The van der Waals surface area contributed by atoms with Crippen LogP contribution in [0.15, 0.2) is 65.7 Å². The summed E-state index contributed by atoms with van der Waals surface area (Å²) in [7, 11) is 3.23. The summed E-state index contributed by atoms with van der Waals surface area (Å²) >= 11 is 3.08. The van der Waals surface area contributed by atoms with E-state index >= 15 is 0 Å². The Morgan fingerprint density at radius 1 is 1.03 bits per heavy atom. The first-order chi connectivity index (χ1) is 15.6. The number of ether oxygens (including phenoxy) is 2. The van der Waals surface area contributed by atoms with Crippen molar-refractivity contribution in [2.75, 3.05) is 25.4 Å². The highest BCUT2D eigenvalue weighted by molar-refractivity contribution is 7.98. The van der Waals surface area contributed by atoms with Crippen LogP contribution in [0.25, 0.3) is 10.2 Å². The topological polar surface area (TPSA) is 64.6 Å². The minimum atomic E-state index is -0.0513. The van der Waals surface area contributed by atoms with E-state index in [-0.39, 0.29) is 12.3 Å². The second-order valence-electron chi connectivity index (χ2n) is 6.97. The zero-order valence-corrected chi connectivity index (χ0v) is 19.7. The molecule has 6 nitrogen and oxygen atoms in total. The summed E-state index contributed by atoms with van der Waals surface area (Å²) in [6.45, 7) is 0.326. The summed E-state index contributed by atoms with van der Waals surface area (Å²) in [5, 5.41) is 0.583. The Morgan fingerprint density at radius 3 is 2.44 bits per heavy atom. The van der Waals surface area contributed by atoms with Crippen LogP contribution in [0.2, 0.25) is 0 Å². The Bertz CT molecular complexity index is 1170. The molecule has 0 unspecified atom stereocenters. The first-order valence-corrected chi connectivity index (χ1v) is 12.0. The lowest BCUT2D eigenvalue weighted by Gasteiger charge is -2.19. The third-order valence-electron chi connectivity index (χ3n) is 4.99. The normalized spacial score (nSPS) is 10.8. The average Bonchev–Trinajstić information content (AvgIpc) is 3.28. The molecule has 0 atom stereocenters. The van der Waals surface area contributed by atoms with E-state index < -0.39 is 0 Å². The first kappa shape index (κ1) is 22.1. The highest BCUT2D eigenvalue weighted by Crippen LogP contribution is 2.40. The van der Waals surface area contributed by atoms with Crippen LogP contribution < -0.4 is 14.4 Å². The number of benzene rings is 2. The van der Waals surface area contributed by atoms with Gasteiger partial charge in [0.1, 0.15) is 21.7 Å². The summed E-state index contributed by atoms with van der Waals surface area (Å²) in [5.41, 5.74) is 2.42. The van der Waals surface area contributed by atoms with E-state index in [0.29, 0.717) is 28.7 Å². The van der Waals surface area contributed by atoms with Gasteiger partial charge in [-0.1, -0.05) is 29.5 Å². The SMILES string of the molecule is COc1ccc(OC)c2sc(N(Cc3ccccn3)C(=O)Cc3ccc(SC)cc3)nc12. The van der Waals surface area contributed by atoms with Crippen molar-refractivity contribution in [1.82, 2.24) is 9.97 Å². The molecule has 0 fully saturated rings. The fraction of sp³-hybridized carbons (Fsp3) is 0.208. The van der Waals surface area contributed by atoms with E-state index in [4.69, 9.17) is 14.5 Å². The number of nitrogens with zero attached hydrogens (tertiary/aromatic N) is 3. The van der Waals surface area contributed by atoms with Crippen LogP contribution in [0, 0.1) is 0 Å². The number of rotatable bonds is 8. The smallest absolute Gasteiger partial charge is 0.233 e. The molecular weight excluding hydrogens is 442 g/mol. The highest BCUT2D eigenvalue weighted by atomic mass is 32.2. The second kappa shape index (κ2) is 10.0. The van der Waals surface area contributed by atoms with Gasteiger partial charge >= 0.3 is 0 Å². The Balaban J connectivity index is 1.72. The number of hydrogen-bond donors (Lipinski definition) is 0. The summed E-state index contributed by atoms with van der Waals surface area (Å²) in [6.07, 6.45) is 4.03. The number of carbonyl (C=O) groups excluding carboxylic acids is 1. The maximum Gasteiger partial charge on any atom is 0.233 e. The van der Waals surface area contributed by atoms with Gasteiger partial charge in [0.15, 0.2) is 5.13 Å². The van der Waals surface area contributed by atoms with E-state index in [9.17, 15) is 4.79 Å². The predicted octanol–water partition coefficient (Wildman–Crippen LogP) is 5.21. The molecule has 4 aromatic rings. The van der Waals surface area contributed by atoms with Crippen LogP contribution in [-0.4, -0.2) is 36.4 Å². The van der Waals surface area contributed by atoms with Crippen molar-refractivity contribution in [3.63, 3.8) is 0 Å². The number of thioether (sulfide) groups is 1. The number of fused-ring (bicyclic) bond motifs is 1. The molecule has 4 rings (SSSR count). The first-order valence-electron chi connectivity index (χ1n) is 9.97. The molecule has 2 heterocycles. The molecule has 0 spiro atoms. The van der Waals surface area contributed by atoms with Crippen LogP contribution in [0.1, 0.15) is 11.3 Å². The quantitative estimate of drug-likeness (QED) is 0.333. The molecule has 32 heavy (non-hydrogen) atoms. The third-order valence-corrected chi connectivity index (χ3v) is 6.83. The van der Waals surface area contributed by atoms with Crippen LogP contribution in [0.3, 0.4) is 0 Å². The number of methoxy groups -OCH3 is 2. The van der Waals surface area contributed by atoms with E-state index in [0.717, 1.165) is 20.9 Å². The number of hydrogen-bond acceptors (Lipinski definition) is 7. The number of anilines is 1. The number of carbonyl (C=O) groups is 1. The van der Waals surface area contributed by atoms with Crippen molar-refractivity contribution < 1.29 is 14.3 Å². The maximum absolute atomic E-state index is 13.5. The zero-order chi connectivity index (χ0) is 22.5. The van der Waals surface area contributed by atoms with E-state index in [1.54, 1.807) is 37.1 Å². The Hall–Kier alpha value is -3.10. The molecule has 0 saturated carbocycles. The molecule has 0 N–H and O–H groups in total. The fourth-order valence-corrected chi connectivity index (χ4v) is 4.82. The van der Waals surface area contributed by atoms with Gasteiger partial charge in [0.25, 0.3) is 0 Å². The molecule has 0 aliphatic heterocycles. The molecule has 0 radical (unpaired) electrons. The Kier molecular flexibility index (Phi) is 6.92. The van der Waals surface area contributed by atoms with Crippen LogP contribution in [0.5, 0.6) is 11.5 Å². The van der Waals surface area contributed by atoms with Crippen LogP contribution in [-0.2, 0) is 17.8 Å². The average molecular weight is 466 g/mol. The molecule has 8 heteroatoms. The summed E-state index contributed by atoms with van der Waals surface area (Å²) < 4.78 is 11.8. The van der Waals surface area contributed by atoms with Crippen molar-refractivity contribution in [3.8, 4) is 11.5 Å². The van der Waals surface area contributed by atoms with Crippen LogP contribution in [0.4, 0.5) is 5.13 Å². The van der Waals surface area contributed by atoms with Gasteiger partial charge in [-0.15, -0.1) is 11.8 Å². The number of aromatic nitrogens is 2. The van der Waals surface area contributed by atoms with Gasteiger partial charge in [-0.25, -0.2) is 4.98 Å². The monoisotopic (exact) mass is 465 g/mol. The molecule has 2 aromatic carbocycles. The van der Waals surface area contributed by atoms with E-state index in [1.165, 1.54) is 11.3 Å². The van der Waals surface area contributed by atoms with Crippen molar-refractivity contribution >= 4 is 44.4 Å². The molecule has 0 bridgehead atoms. The van der Waals surface area contributed by atoms with Crippen molar-refractivity contribution in [2.45, 2.75) is 17.9 Å². The van der Waals surface area contributed by atoms with E-state index in [1.807, 2.05) is 60.9 Å². The molecule has 0 aliphatic carbocycles. The van der Waals surface area contributed by atoms with Gasteiger partial charge in [0, 0.05) is 11.1 Å². The number of pyridine rings is 1. The van der Waals surface area contributed by atoms with Gasteiger partial charge in [-0.2, -0.15) is 0 Å². The van der Waals surface area contributed by atoms with Gasteiger partial charge in [0.05, 0.1) is 32.9 Å². The predicted molar refractivity (Wildman–Crippen MR) is 130 cm³/mol. The van der Waals surface area contributed by atoms with Crippen LogP contribution >= 0.6 is 23.1 Å². The molecule has 1 amide bonds. The van der Waals surface area contributed by atoms with E-state index in [2.05, 4.69) is 4.98 Å². The van der Waals surface area contributed by atoms with Crippen molar-refractivity contribution in [2.24, 2.45) is 0 Å². The summed E-state index contributed by atoms with van der Waals surface area (Å²) in [6, 6.07) is 17.4. The molecule has 2 aromatic heterocycles. The largest absolute Gasteiger partial charge is 0.495 e. The summed E-state index contributed by atoms with van der Waals surface area (Å²) in [4.78, 5) is 25.5. The van der Waals surface area contributed by atoms with Crippen molar-refractivity contribution in [1.29, 1.82) is 0 Å². The lowest BCUT2D eigenvalue weighted by Crippen LogP contribution is -2.32. The molecule has 0 saturated heterocycles. The van der Waals surface area contributed by atoms with Gasteiger partial charge in [0.2, 0.25) is 5.91 Å². The Morgan fingerprint density at radius 2 is 1.78 bits per heavy atom. The molecule has 164 valence electrons. The minimum absolute atomic E-state index is 0.0513. The fourth-order valence-electron chi connectivity index (χ4n) is 3.32. The van der Waals surface area contributed by atoms with Gasteiger partial charge < -0.3 is 9.47 Å².